The number of rotatable bonds is 5. The zero-order valence-electron chi connectivity index (χ0n) is 13.2. The van der Waals surface area contributed by atoms with E-state index in [9.17, 15) is 4.79 Å². The second kappa shape index (κ2) is 7.42. The Morgan fingerprint density at radius 2 is 2.12 bits per heavy atom. The number of halogens is 1. The minimum atomic E-state index is -0.0823. The molecule has 1 N–H and O–H groups in total. The highest BCUT2D eigenvalue weighted by Crippen LogP contribution is 2.32. The molecule has 0 fully saturated rings. The van der Waals surface area contributed by atoms with Gasteiger partial charge < -0.3 is 10.2 Å². The summed E-state index contributed by atoms with van der Waals surface area (Å²) in [6.07, 6.45) is 2.01. The minimum absolute atomic E-state index is 0.0823. The standard InChI is InChI=1S/C17H16ClN3OS2/c1-21(17-20-16-13(18)7-4-8-14(16)24-17)10-15(22)19-11-5-3-6-12(9-11)23-2/h3-9H,10H2,1-2H3,(H,19,22). The number of fused-ring (bicyclic) bond motifs is 1. The second-order valence-corrected chi connectivity index (χ2v) is 7.52. The maximum absolute atomic E-state index is 12.3. The van der Waals surface area contributed by atoms with Crippen LogP contribution in [0.15, 0.2) is 47.4 Å². The highest BCUT2D eigenvalue weighted by atomic mass is 35.5. The van der Waals surface area contributed by atoms with Gasteiger partial charge in [0, 0.05) is 17.6 Å². The Bertz CT molecular complexity index is 881. The molecule has 1 amide bonds. The molecule has 0 aliphatic carbocycles. The number of likely N-dealkylation sites (N-methyl/N-ethyl adjacent to an activating group) is 1. The van der Waals surface area contributed by atoms with Gasteiger partial charge in [0.1, 0.15) is 5.52 Å². The predicted molar refractivity (Wildman–Crippen MR) is 105 cm³/mol. The Balaban J connectivity index is 1.69. The molecule has 1 heterocycles. The first-order valence-corrected chi connectivity index (χ1v) is 9.69. The summed E-state index contributed by atoms with van der Waals surface area (Å²) in [6, 6.07) is 13.5. The van der Waals surface area contributed by atoms with Crippen molar-refractivity contribution in [2.75, 3.05) is 30.1 Å². The van der Waals surface area contributed by atoms with Crippen LogP contribution in [0.2, 0.25) is 5.02 Å². The number of nitrogens with one attached hydrogen (secondary N) is 1. The highest BCUT2D eigenvalue weighted by Gasteiger charge is 2.13. The molecule has 0 aliphatic heterocycles. The van der Waals surface area contributed by atoms with Crippen LogP contribution in [0.3, 0.4) is 0 Å². The van der Waals surface area contributed by atoms with Gasteiger partial charge in [-0.15, -0.1) is 11.8 Å². The summed E-state index contributed by atoms with van der Waals surface area (Å²) < 4.78 is 1.01. The number of nitrogens with zero attached hydrogens (tertiary/aromatic N) is 2. The van der Waals surface area contributed by atoms with E-state index in [-0.39, 0.29) is 12.5 Å². The third kappa shape index (κ3) is 3.83. The summed E-state index contributed by atoms with van der Waals surface area (Å²) in [4.78, 5) is 19.7. The minimum Gasteiger partial charge on any atom is -0.342 e. The van der Waals surface area contributed by atoms with Crippen LogP contribution in [0.4, 0.5) is 10.8 Å². The van der Waals surface area contributed by atoms with Gasteiger partial charge >= 0.3 is 0 Å². The molecule has 0 unspecified atom stereocenters. The van der Waals surface area contributed by atoms with Gasteiger partial charge in [-0.05, 0) is 36.6 Å². The number of amides is 1. The van der Waals surface area contributed by atoms with Gasteiger partial charge in [0.05, 0.1) is 16.3 Å². The third-order valence-corrected chi connectivity index (χ3v) is 5.58. The number of carbonyl (C=O) groups excluding carboxylic acids is 1. The van der Waals surface area contributed by atoms with E-state index in [1.807, 2.05) is 60.7 Å². The molecule has 0 aliphatic rings. The largest absolute Gasteiger partial charge is 0.342 e. The Hall–Kier alpha value is -1.76. The van der Waals surface area contributed by atoms with Crippen LogP contribution < -0.4 is 10.2 Å². The summed E-state index contributed by atoms with van der Waals surface area (Å²) in [7, 11) is 1.85. The lowest BCUT2D eigenvalue weighted by atomic mass is 10.3. The maximum Gasteiger partial charge on any atom is 0.243 e. The highest BCUT2D eigenvalue weighted by molar-refractivity contribution is 7.98. The topological polar surface area (TPSA) is 45.2 Å². The van der Waals surface area contributed by atoms with Crippen molar-refractivity contribution < 1.29 is 4.79 Å². The molecule has 3 rings (SSSR count). The van der Waals surface area contributed by atoms with E-state index in [1.54, 1.807) is 11.8 Å². The number of para-hydroxylation sites is 1. The lowest BCUT2D eigenvalue weighted by Crippen LogP contribution is -2.29. The smallest absolute Gasteiger partial charge is 0.243 e. The SMILES string of the molecule is CSc1cccc(NC(=O)CN(C)c2nc3c(Cl)cccc3s2)c1. The lowest BCUT2D eigenvalue weighted by Gasteiger charge is -2.15. The molecule has 0 saturated heterocycles. The van der Waals surface area contributed by atoms with E-state index in [4.69, 9.17) is 11.6 Å². The first-order chi connectivity index (χ1) is 11.6. The van der Waals surface area contributed by atoms with Crippen molar-refractivity contribution in [3.63, 3.8) is 0 Å². The van der Waals surface area contributed by atoms with Crippen LogP contribution >= 0.6 is 34.7 Å². The summed E-state index contributed by atoms with van der Waals surface area (Å²) in [5, 5.41) is 4.32. The first-order valence-electron chi connectivity index (χ1n) is 7.27. The summed E-state index contributed by atoms with van der Waals surface area (Å²) in [6.45, 7) is 0.223. The van der Waals surface area contributed by atoms with Crippen LogP contribution in [-0.2, 0) is 4.79 Å². The van der Waals surface area contributed by atoms with Crippen LogP contribution in [0, 0.1) is 0 Å². The molecule has 7 heteroatoms. The van der Waals surface area contributed by atoms with E-state index in [1.165, 1.54) is 11.3 Å². The van der Waals surface area contributed by atoms with Crippen LogP contribution in [-0.4, -0.2) is 30.7 Å². The summed E-state index contributed by atoms with van der Waals surface area (Å²) in [5.41, 5.74) is 1.58. The molecule has 0 radical (unpaired) electrons. The summed E-state index contributed by atoms with van der Waals surface area (Å²) >= 11 is 9.32. The molecule has 3 aromatic rings. The van der Waals surface area contributed by atoms with Crippen LogP contribution in [0.1, 0.15) is 0 Å². The van der Waals surface area contributed by atoms with Crippen molar-refractivity contribution in [1.29, 1.82) is 0 Å². The number of thiazole rings is 1. The number of aromatic nitrogens is 1. The molecular weight excluding hydrogens is 362 g/mol. The monoisotopic (exact) mass is 377 g/mol. The molecule has 0 saturated carbocycles. The van der Waals surface area contributed by atoms with Crippen LogP contribution in [0.25, 0.3) is 10.2 Å². The number of thioether (sulfide) groups is 1. The first kappa shape index (κ1) is 17.1. The average molecular weight is 378 g/mol. The predicted octanol–water partition coefficient (Wildman–Crippen LogP) is 4.75. The molecule has 0 spiro atoms. The molecule has 124 valence electrons. The molecule has 4 nitrogen and oxygen atoms in total. The molecule has 2 aromatic carbocycles. The van der Waals surface area contributed by atoms with Crippen LogP contribution in [0.5, 0.6) is 0 Å². The molecule has 0 bridgehead atoms. The van der Waals surface area contributed by atoms with E-state index in [0.717, 1.165) is 25.9 Å². The van der Waals surface area contributed by atoms with E-state index >= 15 is 0 Å². The zero-order valence-corrected chi connectivity index (χ0v) is 15.6. The normalized spacial score (nSPS) is 10.8. The lowest BCUT2D eigenvalue weighted by molar-refractivity contribution is -0.114. The van der Waals surface area contributed by atoms with E-state index < -0.39 is 0 Å². The maximum atomic E-state index is 12.3. The Labute approximate surface area is 153 Å². The van der Waals surface area contributed by atoms with Gasteiger partial charge in [0.25, 0.3) is 0 Å². The molecule has 1 aromatic heterocycles. The Kier molecular flexibility index (Phi) is 5.28. The van der Waals surface area contributed by atoms with Crippen molar-refractivity contribution in [2.24, 2.45) is 0 Å². The van der Waals surface area contributed by atoms with Gasteiger partial charge in [0.2, 0.25) is 5.91 Å². The fourth-order valence-electron chi connectivity index (χ4n) is 2.25. The fourth-order valence-corrected chi connectivity index (χ4v) is 3.94. The number of anilines is 2. The van der Waals surface area contributed by atoms with E-state index in [0.29, 0.717) is 5.02 Å². The number of benzene rings is 2. The van der Waals surface area contributed by atoms with Gasteiger partial charge in [0.15, 0.2) is 5.13 Å². The van der Waals surface area contributed by atoms with Crippen molar-refractivity contribution in [3.05, 3.63) is 47.5 Å². The quantitative estimate of drug-likeness (QED) is 0.652. The molecule has 24 heavy (non-hydrogen) atoms. The van der Waals surface area contributed by atoms with Crippen molar-refractivity contribution >= 4 is 61.6 Å². The average Bonchev–Trinajstić information content (AvgIpc) is 3.01. The van der Waals surface area contributed by atoms with Gasteiger partial charge in [-0.3, -0.25) is 4.79 Å². The Morgan fingerprint density at radius 3 is 2.88 bits per heavy atom. The number of hydrogen-bond acceptors (Lipinski definition) is 5. The number of hydrogen-bond donors (Lipinski definition) is 1. The molecular formula is C17H16ClN3OS2. The van der Waals surface area contributed by atoms with E-state index in [2.05, 4.69) is 10.3 Å². The van der Waals surface area contributed by atoms with Gasteiger partial charge in [-0.2, -0.15) is 0 Å². The van der Waals surface area contributed by atoms with Gasteiger partial charge in [-0.1, -0.05) is 35.1 Å². The second-order valence-electron chi connectivity index (χ2n) is 5.22. The molecule has 0 atom stereocenters. The number of carbonyl (C=O) groups is 1. The summed E-state index contributed by atoms with van der Waals surface area (Å²) in [5.74, 6) is -0.0823. The van der Waals surface area contributed by atoms with Crippen molar-refractivity contribution in [1.82, 2.24) is 4.98 Å². The fraction of sp³-hybridized carbons (Fsp3) is 0.176. The third-order valence-electron chi connectivity index (χ3n) is 3.42. The Morgan fingerprint density at radius 1 is 1.33 bits per heavy atom. The van der Waals surface area contributed by atoms with Crippen molar-refractivity contribution in [2.45, 2.75) is 4.90 Å². The van der Waals surface area contributed by atoms with Gasteiger partial charge in [-0.25, -0.2) is 4.98 Å². The zero-order chi connectivity index (χ0) is 17.1. The van der Waals surface area contributed by atoms with Crippen molar-refractivity contribution in [3.8, 4) is 0 Å².